The van der Waals surface area contributed by atoms with Crippen LogP contribution >= 0.6 is 0 Å². The van der Waals surface area contributed by atoms with Gasteiger partial charge in [-0.1, -0.05) is 0 Å². The van der Waals surface area contributed by atoms with Crippen molar-refractivity contribution in [3.63, 3.8) is 0 Å². The molecular formula is C11H20O2. The highest BCUT2D eigenvalue weighted by molar-refractivity contribution is 4.68. The molecule has 2 aliphatic heterocycles. The molecule has 2 heterocycles. The Labute approximate surface area is 80.6 Å². The smallest absolute Gasteiger partial charge is 0.0576 e. The van der Waals surface area contributed by atoms with Crippen molar-refractivity contribution in [2.24, 2.45) is 0 Å². The Kier molecular flexibility index (Phi) is 3.62. The fourth-order valence-electron chi connectivity index (χ4n) is 2.32. The van der Waals surface area contributed by atoms with Gasteiger partial charge in [0, 0.05) is 13.2 Å². The summed E-state index contributed by atoms with van der Waals surface area (Å²) in [4.78, 5) is 0. The molecule has 2 nitrogen and oxygen atoms in total. The van der Waals surface area contributed by atoms with Crippen molar-refractivity contribution >= 4 is 0 Å². The second-order valence-corrected chi connectivity index (χ2v) is 4.20. The van der Waals surface area contributed by atoms with Gasteiger partial charge in [-0.3, -0.25) is 0 Å². The molecule has 2 atom stereocenters. The van der Waals surface area contributed by atoms with E-state index in [-0.39, 0.29) is 0 Å². The van der Waals surface area contributed by atoms with E-state index in [2.05, 4.69) is 0 Å². The maximum Gasteiger partial charge on any atom is 0.0576 e. The molecule has 0 saturated carbocycles. The molecule has 2 fully saturated rings. The first kappa shape index (κ1) is 9.47. The lowest BCUT2D eigenvalue weighted by Gasteiger charge is -2.11. The monoisotopic (exact) mass is 184 g/mol. The minimum Gasteiger partial charge on any atom is -0.378 e. The predicted molar refractivity (Wildman–Crippen MR) is 51.8 cm³/mol. The molecule has 2 rings (SSSR count). The van der Waals surface area contributed by atoms with Gasteiger partial charge in [0.15, 0.2) is 0 Å². The second-order valence-electron chi connectivity index (χ2n) is 4.20. The Morgan fingerprint density at radius 1 is 0.846 bits per heavy atom. The first-order valence-corrected chi connectivity index (χ1v) is 5.68. The molecule has 0 spiro atoms. The lowest BCUT2D eigenvalue weighted by molar-refractivity contribution is 0.0819. The normalized spacial score (nSPS) is 34.2. The van der Waals surface area contributed by atoms with Gasteiger partial charge >= 0.3 is 0 Å². The van der Waals surface area contributed by atoms with Crippen LogP contribution in [0.25, 0.3) is 0 Å². The molecule has 0 radical (unpaired) electrons. The van der Waals surface area contributed by atoms with Gasteiger partial charge in [0.2, 0.25) is 0 Å². The average molecular weight is 184 g/mol. The SMILES string of the molecule is C1COC(CCCC2CCCO2)C1. The fourth-order valence-corrected chi connectivity index (χ4v) is 2.32. The van der Waals surface area contributed by atoms with Crippen LogP contribution in [0.5, 0.6) is 0 Å². The second kappa shape index (κ2) is 4.97. The maximum absolute atomic E-state index is 5.58. The Bertz CT molecular complexity index is 119. The van der Waals surface area contributed by atoms with Crippen LogP contribution in [0.15, 0.2) is 0 Å². The third kappa shape index (κ3) is 2.96. The zero-order valence-corrected chi connectivity index (χ0v) is 8.34. The van der Waals surface area contributed by atoms with E-state index in [1.165, 1.54) is 44.9 Å². The van der Waals surface area contributed by atoms with E-state index < -0.39 is 0 Å². The molecule has 0 aromatic heterocycles. The largest absolute Gasteiger partial charge is 0.378 e. The summed E-state index contributed by atoms with van der Waals surface area (Å²) in [6, 6.07) is 0. The minimum absolute atomic E-state index is 0.571. The predicted octanol–water partition coefficient (Wildman–Crippen LogP) is 2.51. The first-order chi connectivity index (χ1) is 6.45. The van der Waals surface area contributed by atoms with Gasteiger partial charge in [-0.25, -0.2) is 0 Å². The third-order valence-corrected chi connectivity index (χ3v) is 3.10. The summed E-state index contributed by atoms with van der Waals surface area (Å²) >= 11 is 0. The minimum atomic E-state index is 0.571. The van der Waals surface area contributed by atoms with Crippen LogP contribution in [-0.4, -0.2) is 25.4 Å². The average Bonchev–Trinajstić information content (AvgIpc) is 2.75. The van der Waals surface area contributed by atoms with Gasteiger partial charge in [0.1, 0.15) is 0 Å². The van der Waals surface area contributed by atoms with Gasteiger partial charge in [-0.15, -0.1) is 0 Å². The van der Waals surface area contributed by atoms with Crippen LogP contribution in [0.1, 0.15) is 44.9 Å². The lowest BCUT2D eigenvalue weighted by Crippen LogP contribution is -2.08. The standard InChI is InChI=1S/C11H20O2/c1(4-10-6-2-8-12-10)5-11-7-3-9-13-11/h10-11H,1-9H2. The molecule has 0 aromatic rings. The summed E-state index contributed by atoms with van der Waals surface area (Å²) in [6.07, 6.45) is 10.0. The topological polar surface area (TPSA) is 18.5 Å². The van der Waals surface area contributed by atoms with Gasteiger partial charge < -0.3 is 9.47 Å². The molecule has 2 heteroatoms. The molecule has 2 unspecified atom stereocenters. The van der Waals surface area contributed by atoms with Gasteiger partial charge in [-0.2, -0.15) is 0 Å². The number of ether oxygens (including phenoxy) is 2. The number of rotatable bonds is 4. The molecule has 0 aliphatic carbocycles. The van der Waals surface area contributed by atoms with Crippen molar-refractivity contribution in [2.75, 3.05) is 13.2 Å². The van der Waals surface area contributed by atoms with Crippen molar-refractivity contribution in [1.29, 1.82) is 0 Å². The molecule has 0 amide bonds. The van der Waals surface area contributed by atoms with Crippen molar-refractivity contribution in [1.82, 2.24) is 0 Å². The summed E-state index contributed by atoms with van der Waals surface area (Å²) in [5.41, 5.74) is 0. The van der Waals surface area contributed by atoms with Gasteiger partial charge in [0.05, 0.1) is 12.2 Å². The highest BCUT2D eigenvalue weighted by Crippen LogP contribution is 2.21. The Morgan fingerprint density at radius 3 is 1.77 bits per heavy atom. The van der Waals surface area contributed by atoms with Gasteiger partial charge in [-0.05, 0) is 44.9 Å². The summed E-state index contributed by atoms with van der Waals surface area (Å²) < 4.78 is 11.2. The Balaban J connectivity index is 1.52. The molecule has 2 aliphatic rings. The summed E-state index contributed by atoms with van der Waals surface area (Å²) in [5, 5.41) is 0. The Hall–Kier alpha value is -0.0800. The first-order valence-electron chi connectivity index (χ1n) is 5.68. The van der Waals surface area contributed by atoms with E-state index in [9.17, 15) is 0 Å². The van der Waals surface area contributed by atoms with Crippen LogP contribution < -0.4 is 0 Å². The molecule has 0 N–H and O–H groups in total. The number of hydrogen-bond acceptors (Lipinski definition) is 2. The maximum atomic E-state index is 5.58. The third-order valence-electron chi connectivity index (χ3n) is 3.10. The van der Waals surface area contributed by atoms with Crippen molar-refractivity contribution in [3.8, 4) is 0 Å². The fraction of sp³-hybridized carbons (Fsp3) is 1.00. The number of hydrogen-bond donors (Lipinski definition) is 0. The molecule has 0 bridgehead atoms. The molecule has 76 valence electrons. The Morgan fingerprint density at radius 2 is 1.38 bits per heavy atom. The van der Waals surface area contributed by atoms with Crippen molar-refractivity contribution < 1.29 is 9.47 Å². The van der Waals surface area contributed by atoms with E-state index in [4.69, 9.17) is 9.47 Å². The lowest BCUT2D eigenvalue weighted by atomic mass is 10.1. The highest BCUT2D eigenvalue weighted by atomic mass is 16.5. The van der Waals surface area contributed by atoms with Crippen molar-refractivity contribution in [2.45, 2.75) is 57.2 Å². The van der Waals surface area contributed by atoms with E-state index in [1.807, 2.05) is 0 Å². The van der Waals surface area contributed by atoms with Crippen LogP contribution in [0, 0.1) is 0 Å². The quantitative estimate of drug-likeness (QED) is 0.668. The summed E-state index contributed by atoms with van der Waals surface area (Å²) in [5.74, 6) is 0. The van der Waals surface area contributed by atoms with Crippen molar-refractivity contribution in [3.05, 3.63) is 0 Å². The van der Waals surface area contributed by atoms with Gasteiger partial charge in [0.25, 0.3) is 0 Å². The van der Waals surface area contributed by atoms with E-state index in [0.717, 1.165) is 13.2 Å². The highest BCUT2D eigenvalue weighted by Gasteiger charge is 2.18. The van der Waals surface area contributed by atoms with E-state index in [1.54, 1.807) is 0 Å². The zero-order valence-electron chi connectivity index (χ0n) is 8.34. The molecule has 0 aromatic carbocycles. The molecular weight excluding hydrogens is 164 g/mol. The van der Waals surface area contributed by atoms with Crippen LogP contribution in [-0.2, 0) is 9.47 Å². The van der Waals surface area contributed by atoms with Crippen LogP contribution in [0.2, 0.25) is 0 Å². The van der Waals surface area contributed by atoms with Crippen LogP contribution in [0.3, 0.4) is 0 Å². The van der Waals surface area contributed by atoms with E-state index >= 15 is 0 Å². The summed E-state index contributed by atoms with van der Waals surface area (Å²) in [6.45, 7) is 1.98. The zero-order chi connectivity index (χ0) is 8.93. The molecule has 13 heavy (non-hydrogen) atoms. The summed E-state index contributed by atoms with van der Waals surface area (Å²) in [7, 11) is 0. The molecule has 2 saturated heterocycles. The van der Waals surface area contributed by atoms with E-state index in [0.29, 0.717) is 12.2 Å². The van der Waals surface area contributed by atoms with Crippen LogP contribution in [0.4, 0.5) is 0 Å².